The number of fused-ring (bicyclic) bond motifs is 1. The minimum absolute atomic E-state index is 0.576. The van der Waals surface area contributed by atoms with Crippen molar-refractivity contribution in [1.82, 2.24) is 19.3 Å². The highest BCUT2D eigenvalue weighted by molar-refractivity contribution is 6.17. The highest BCUT2D eigenvalue weighted by atomic mass is 35.5. The van der Waals surface area contributed by atoms with Gasteiger partial charge < -0.3 is 9.30 Å². The van der Waals surface area contributed by atoms with Crippen LogP contribution in [0.4, 0.5) is 0 Å². The maximum atomic E-state index is 5.87. The molecule has 0 amide bonds. The lowest BCUT2D eigenvalue weighted by atomic mass is 10.4. The van der Waals surface area contributed by atoms with Crippen LogP contribution in [0.2, 0.25) is 0 Å². The first kappa shape index (κ1) is 14.3. The van der Waals surface area contributed by atoms with E-state index in [4.69, 9.17) is 16.3 Å². The van der Waals surface area contributed by atoms with Crippen LogP contribution in [0, 0.1) is 6.92 Å². The zero-order valence-electron chi connectivity index (χ0n) is 11.8. The van der Waals surface area contributed by atoms with E-state index in [-0.39, 0.29) is 0 Å². The molecule has 6 heteroatoms. The Labute approximate surface area is 118 Å². The van der Waals surface area contributed by atoms with Gasteiger partial charge in [0.05, 0.1) is 12.3 Å². The van der Waals surface area contributed by atoms with Crippen molar-refractivity contribution in [3.8, 4) is 0 Å². The second-order valence-electron chi connectivity index (χ2n) is 4.39. The summed E-state index contributed by atoms with van der Waals surface area (Å²) < 4.78 is 9.65. The van der Waals surface area contributed by atoms with Crippen LogP contribution in [-0.2, 0) is 24.2 Å². The third-order valence-electron chi connectivity index (χ3n) is 3.16. The number of hydrogen-bond donors (Lipinski definition) is 0. The minimum Gasteiger partial charge on any atom is -0.380 e. The molecular formula is C13H21ClN4O. The summed E-state index contributed by atoms with van der Waals surface area (Å²) in [7, 11) is 0. The molecule has 0 saturated carbocycles. The van der Waals surface area contributed by atoms with Gasteiger partial charge in [-0.15, -0.1) is 11.6 Å². The summed E-state index contributed by atoms with van der Waals surface area (Å²) in [5.74, 6) is 1.60. The molecule has 0 aromatic carbocycles. The van der Waals surface area contributed by atoms with Crippen LogP contribution in [0.25, 0.3) is 11.2 Å². The van der Waals surface area contributed by atoms with Gasteiger partial charge in [0.15, 0.2) is 5.65 Å². The van der Waals surface area contributed by atoms with Crippen LogP contribution < -0.4 is 0 Å². The van der Waals surface area contributed by atoms with Crippen LogP contribution in [0.3, 0.4) is 0 Å². The minimum atomic E-state index is 0.576. The van der Waals surface area contributed by atoms with Crippen LogP contribution in [0.1, 0.15) is 25.4 Å². The van der Waals surface area contributed by atoms with Gasteiger partial charge >= 0.3 is 0 Å². The third-order valence-corrected chi connectivity index (χ3v) is 3.35. The lowest BCUT2D eigenvalue weighted by molar-refractivity contribution is 0.139. The molecule has 0 bridgehead atoms. The summed E-state index contributed by atoms with van der Waals surface area (Å²) in [6, 6.07) is 0. The Morgan fingerprint density at radius 1 is 1.32 bits per heavy atom. The Morgan fingerprint density at radius 3 is 2.74 bits per heavy atom. The van der Waals surface area contributed by atoms with Crippen LogP contribution >= 0.6 is 11.6 Å². The SMILES string of the molecule is CCOCCn1c(CCCl)nc2c(C)nn(CC)c21. The van der Waals surface area contributed by atoms with Gasteiger partial charge in [0.1, 0.15) is 11.3 Å². The fraction of sp³-hybridized carbons (Fsp3) is 0.692. The predicted octanol–water partition coefficient (Wildman–Crippen LogP) is 2.38. The number of aromatic nitrogens is 4. The number of imidazole rings is 1. The maximum Gasteiger partial charge on any atom is 0.159 e. The zero-order valence-corrected chi connectivity index (χ0v) is 12.6. The quantitative estimate of drug-likeness (QED) is 0.579. The summed E-state index contributed by atoms with van der Waals surface area (Å²) in [6.45, 7) is 9.14. The van der Waals surface area contributed by atoms with Crippen LogP contribution in [-0.4, -0.2) is 38.4 Å². The Balaban J connectivity index is 2.44. The number of nitrogens with zero attached hydrogens (tertiary/aromatic N) is 4. The second kappa shape index (κ2) is 6.39. The summed E-state index contributed by atoms with van der Waals surface area (Å²) in [6.07, 6.45) is 0.769. The number of ether oxygens (including phenoxy) is 1. The molecule has 0 aliphatic heterocycles. The van der Waals surface area contributed by atoms with E-state index in [1.54, 1.807) is 0 Å². The molecular weight excluding hydrogens is 264 g/mol. The van der Waals surface area contributed by atoms with Crippen molar-refractivity contribution in [3.63, 3.8) is 0 Å². The fourth-order valence-electron chi connectivity index (χ4n) is 2.30. The lowest BCUT2D eigenvalue weighted by Crippen LogP contribution is -2.13. The Hall–Kier alpha value is -1.07. The first-order valence-electron chi connectivity index (χ1n) is 6.79. The fourth-order valence-corrected chi connectivity index (χ4v) is 2.47. The Kier molecular flexibility index (Phi) is 4.82. The van der Waals surface area contributed by atoms with Crippen LogP contribution in [0.5, 0.6) is 0 Å². The molecule has 0 unspecified atom stereocenters. The number of hydrogen-bond acceptors (Lipinski definition) is 3. The zero-order chi connectivity index (χ0) is 13.8. The number of halogens is 1. The van der Waals surface area contributed by atoms with Gasteiger partial charge in [0.2, 0.25) is 0 Å². The van der Waals surface area contributed by atoms with E-state index in [9.17, 15) is 0 Å². The third kappa shape index (κ3) is 2.77. The average molecular weight is 285 g/mol. The van der Waals surface area contributed by atoms with Crippen molar-refractivity contribution in [2.45, 2.75) is 40.3 Å². The second-order valence-corrected chi connectivity index (χ2v) is 4.77. The van der Waals surface area contributed by atoms with E-state index >= 15 is 0 Å². The highest BCUT2D eigenvalue weighted by Crippen LogP contribution is 2.20. The van der Waals surface area contributed by atoms with E-state index in [2.05, 4.69) is 21.6 Å². The summed E-state index contributed by atoms with van der Waals surface area (Å²) in [5, 5.41) is 4.52. The van der Waals surface area contributed by atoms with E-state index in [1.807, 2.05) is 18.5 Å². The summed E-state index contributed by atoms with van der Waals surface area (Å²) in [4.78, 5) is 4.69. The van der Waals surface area contributed by atoms with Gasteiger partial charge in [-0.2, -0.15) is 5.10 Å². The monoisotopic (exact) mass is 284 g/mol. The van der Waals surface area contributed by atoms with E-state index in [1.165, 1.54) is 0 Å². The smallest absolute Gasteiger partial charge is 0.159 e. The van der Waals surface area contributed by atoms with Crippen molar-refractivity contribution < 1.29 is 4.74 Å². The lowest BCUT2D eigenvalue weighted by Gasteiger charge is -2.09. The van der Waals surface area contributed by atoms with Crippen molar-refractivity contribution in [1.29, 1.82) is 0 Å². The highest BCUT2D eigenvalue weighted by Gasteiger charge is 2.17. The molecule has 19 heavy (non-hydrogen) atoms. The normalized spacial score (nSPS) is 11.6. The Morgan fingerprint density at radius 2 is 2.11 bits per heavy atom. The molecule has 0 spiro atoms. The molecule has 0 radical (unpaired) electrons. The first-order chi connectivity index (χ1) is 9.22. The van der Waals surface area contributed by atoms with Crippen molar-refractivity contribution in [3.05, 3.63) is 11.5 Å². The molecule has 2 heterocycles. The van der Waals surface area contributed by atoms with Crippen molar-refractivity contribution in [2.75, 3.05) is 19.1 Å². The molecule has 0 saturated heterocycles. The van der Waals surface area contributed by atoms with E-state index in [0.29, 0.717) is 12.5 Å². The molecule has 0 fully saturated rings. The molecule has 0 atom stereocenters. The summed E-state index contributed by atoms with van der Waals surface area (Å²) >= 11 is 5.87. The molecule has 0 N–H and O–H groups in total. The van der Waals surface area contributed by atoms with Gasteiger partial charge in [-0.1, -0.05) is 0 Å². The van der Waals surface area contributed by atoms with Gasteiger partial charge in [0.25, 0.3) is 0 Å². The summed E-state index contributed by atoms with van der Waals surface area (Å²) in [5.41, 5.74) is 3.04. The van der Waals surface area contributed by atoms with E-state index in [0.717, 1.165) is 48.8 Å². The first-order valence-corrected chi connectivity index (χ1v) is 7.32. The topological polar surface area (TPSA) is 44.9 Å². The molecule has 2 rings (SSSR count). The maximum absolute atomic E-state index is 5.87. The van der Waals surface area contributed by atoms with Crippen LogP contribution in [0.15, 0.2) is 0 Å². The van der Waals surface area contributed by atoms with E-state index < -0.39 is 0 Å². The number of aryl methyl sites for hydroxylation is 3. The molecule has 2 aromatic heterocycles. The predicted molar refractivity (Wildman–Crippen MR) is 76.8 cm³/mol. The van der Waals surface area contributed by atoms with Gasteiger partial charge in [-0.05, 0) is 20.8 Å². The molecule has 2 aromatic rings. The standard InChI is InChI=1S/C13H21ClN4O/c1-4-18-13-12(10(3)16-18)15-11(6-7-14)17(13)8-9-19-5-2/h4-9H2,1-3H3. The molecule has 0 aliphatic carbocycles. The Bertz CT molecular complexity index is 546. The number of alkyl halides is 1. The average Bonchev–Trinajstić information content (AvgIpc) is 2.90. The van der Waals surface area contributed by atoms with Gasteiger partial charge in [-0.3, -0.25) is 0 Å². The molecule has 5 nitrogen and oxygen atoms in total. The van der Waals surface area contributed by atoms with Crippen molar-refractivity contribution >= 4 is 22.8 Å². The number of rotatable bonds is 7. The largest absolute Gasteiger partial charge is 0.380 e. The van der Waals surface area contributed by atoms with Gasteiger partial charge in [0, 0.05) is 32.0 Å². The molecule has 106 valence electrons. The van der Waals surface area contributed by atoms with Gasteiger partial charge in [-0.25, -0.2) is 9.67 Å². The molecule has 0 aliphatic rings. The van der Waals surface area contributed by atoms with Crippen molar-refractivity contribution in [2.24, 2.45) is 0 Å².